The zero-order chi connectivity index (χ0) is 16.8. The van der Waals surface area contributed by atoms with Crippen LogP contribution < -0.4 is 11.5 Å². The van der Waals surface area contributed by atoms with Crippen LogP contribution in [0.1, 0.15) is 0 Å². The third kappa shape index (κ3) is 2.18. The van der Waals surface area contributed by atoms with E-state index in [1.54, 1.807) is 30.5 Å². The second-order valence-corrected chi connectivity index (χ2v) is 5.50. The van der Waals surface area contributed by atoms with Crippen molar-refractivity contribution < 1.29 is 13.6 Å². The lowest BCUT2D eigenvalue weighted by Crippen LogP contribution is -2.24. The smallest absolute Gasteiger partial charge is 0.408 e. The van der Waals surface area contributed by atoms with Gasteiger partial charge in [-0.15, -0.1) is 0 Å². The number of hydrogen-bond acceptors (Lipinski definition) is 3. The number of amides is 1. The Labute approximate surface area is 134 Å². The summed E-state index contributed by atoms with van der Waals surface area (Å²) >= 11 is 0. The van der Waals surface area contributed by atoms with E-state index in [1.165, 1.54) is 16.7 Å². The van der Waals surface area contributed by atoms with Crippen LogP contribution in [-0.4, -0.2) is 15.5 Å². The van der Waals surface area contributed by atoms with Gasteiger partial charge in [-0.3, -0.25) is 9.36 Å². The Kier molecular flexibility index (Phi) is 3.02. The van der Waals surface area contributed by atoms with E-state index in [0.29, 0.717) is 11.1 Å². The van der Waals surface area contributed by atoms with E-state index in [2.05, 4.69) is 4.98 Å². The first-order valence-electron chi connectivity index (χ1n) is 7.21. The molecule has 0 saturated carbocycles. The average Bonchev–Trinajstić information content (AvgIpc) is 3.07. The molecule has 4 aromatic rings. The number of H-pyrrole nitrogens is 1. The third-order valence-corrected chi connectivity index (χ3v) is 3.94. The average molecular weight is 325 g/mol. The third-order valence-electron chi connectivity index (χ3n) is 3.94. The highest BCUT2D eigenvalue weighted by Crippen LogP contribution is 2.31. The molecular weight excluding hydrogens is 313 g/mol. The van der Waals surface area contributed by atoms with Gasteiger partial charge in [-0.25, -0.2) is 9.18 Å². The zero-order valence-corrected chi connectivity index (χ0v) is 12.4. The molecule has 24 heavy (non-hydrogen) atoms. The van der Waals surface area contributed by atoms with Gasteiger partial charge in [-0.1, -0.05) is 6.07 Å². The van der Waals surface area contributed by atoms with Crippen molar-refractivity contribution in [1.29, 1.82) is 0 Å². The topological polar surface area (TPSA) is 94.0 Å². The number of nitrogens with one attached hydrogen (secondary N) is 1. The van der Waals surface area contributed by atoms with Crippen molar-refractivity contribution in [2.75, 3.05) is 0 Å². The van der Waals surface area contributed by atoms with Gasteiger partial charge in [0.25, 0.3) is 0 Å². The van der Waals surface area contributed by atoms with Gasteiger partial charge >= 0.3 is 5.76 Å². The first-order valence-corrected chi connectivity index (χ1v) is 7.21. The number of hydrogen-bond donors (Lipinski definition) is 2. The van der Waals surface area contributed by atoms with Crippen molar-refractivity contribution >= 4 is 27.9 Å². The number of nitrogens with zero attached hydrogens (tertiary/aromatic N) is 1. The van der Waals surface area contributed by atoms with E-state index < -0.39 is 11.7 Å². The van der Waals surface area contributed by atoms with Crippen molar-refractivity contribution in [2.45, 2.75) is 6.54 Å². The molecule has 0 unspecified atom stereocenters. The van der Waals surface area contributed by atoms with Gasteiger partial charge in [0.15, 0.2) is 5.58 Å². The molecule has 3 N–H and O–H groups in total. The molecule has 0 radical (unpaired) electrons. The number of rotatable bonds is 3. The van der Waals surface area contributed by atoms with E-state index in [4.69, 9.17) is 10.2 Å². The number of nitrogens with two attached hydrogens (primary N) is 1. The molecular formula is C17H12FN3O3. The summed E-state index contributed by atoms with van der Waals surface area (Å²) in [5.41, 5.74) is 8.32. The molecule has 2 heterocycles. The van der Waals surface area contributed by atoms with Crippen molar-refractivity contribution in [1.82, 2.24) is 9.55 Å². The SMILES string of the molecule is NC(=O)Cn1c(=O)oc2cc(-c3c[nH]c4ccc(F)cc34)ccc21. The van der Waals surface area contributed by atoms with Gasteiger partial charge in [-0.05, 0) is 35.9 Å². The van der Waals surface area contributed by atoms with Crippen LogP contribution in [0.15, 0.2) is 51.8 Å². The Hall–Kier alpha value is -3.35. The Morgan fingerprint density at radius 2 is 2.08 bits per heavy atom. The lowest BCUT2D eigenvalue weighted by Gasteiger charge is -2.01. The summed E-state index contributed by atoms with van der Waals surface area (Å²) < 4.78 is 19.9. The second kappa shape index (κ2) is 5.09. The van der Waals surface area contributed by atoms with Crippen molar-refractivity contribution in [3.8, 4) is 11.1 Å². The molecule has 0 aliphatic heterocycles. The van der Waals surface area contributed by atoms with Crippen molar-refractivity contribution in [2.24, 2.45) is 5.73 Å². The highest BCUT2D eigenvalue weighted by molar-refractivity contribution is 5.97. The first kappa shape index (κ1) is 14.3. The van der Waals surface area contributed by atoms with Gasteiger partial charge < -0.3 is 15.1 Å². The van der Waals surface area contributed by atoms with E-state index in [9.17, 15) is 14.0 Å². The molecule has 0 bridgehead atoms. The molecule has 0 atom stereocenters. The minimum absolute atomic E-state index is 0.247. The standard InChI is InChI=1S/C17H12FN3O3/c18-10-2-3-13-11(6-10)12(7-20-13)9-1-4-14-15(5-9)24-17(23)21(14)8-16(19)22/h1-7,20H,8H2,(H2,19,22). The number of aromatic nitrogens is 2. The van der Waals surface area contributed by atoms with Gasteiger partial charge in [-0.2, -0.15) is 0 Å². The fourth-order valence-electron chi connectivity index (χ4n) is 2.87. The Morgan fingerprint density at radius 3 is 2.88 bits per heavy atom. The van der Waals surface area contributed by atoms with E-state index in [0.717, 1.165) is 22.0 Å². The predicted molar refractivity (Wildman–Crippen MR) is 86.9 cm³/mol. The van der Waals surface area contributed by atoms with Gasteiger partial charge in [0.2, 0.25) is 5.91 Å². The highest BCUT2D eigenvalue weighted by Gasteiger charge is 2.14. The molecule has 7 heteroatoms. The van der Waals surface area contributed by atoms with Gasteiger partial charge in [0.05, 0.1) is 5.52 Å². The zero-order valence-electron chi connectivity index (χ0n) is 12.4. The molecule has 0 aliphatic rings. The fourth-order valence-corrected chi connectivity index (χ4v) is 2.87. The minimum Gasteiger partial charge on any atom is -0.408 e. The lowest BCUT2D eigenvalue weighted by molar-refractivity contribution is -0.118. The quantitative estimate of drug-likeness (QED) is 0.605. The maximum absolute atomic E-state index is 13.5. The predicted octanol–water partition coefficient (Wildman–Crippen LogP) is 2.37. The molecule has 120 valence electrons. The Balaban J connectivity index is 1.90. The first-order chi connectivity index (χ1) is 11.5. The number of fused-ring (bicyclic) bond motifs is 2. The summed E-state index contributed by atoms with van der Waals surface area (Å²) in [6.45, 7) is -0.247. The summed E-state index contributed by atoms with van der Waals surface area (Å²) in [7, 11) is 0. The van der Waals surface area contributed by atoms with Crippen molar-refractivity contribution in [3.05, 3.63) is 59.0 Å². The van der Waals surface area contributed by atoms with Crippen LogP contribution >= 0.6 is 0 Å². The summed E-state index contributed by atoms with van der Waals surface area (Å²) in [6.07, 6.45) is 1.77. The molecule has 0 saturated heterocycles. The van der Waals surface area contributed by atoms with Crippen LogP contribution in [-0.2, 0) is 11.3 Å². The maximum atomic E-state index is 13.5. The molecule has 0 fully saturated rings. The molecule has 0 spiro atoms. The molecule has 0 aliphatic carbocycles. The molecule has 2 aromatic heterocycles. The number of primary amides is 1. The number of aromatic amines is 1. The van der Waals surface area contributed by atoms with Crippen LogP contribution in [0.3, 0.4) is 0 Å². The van der Waals surface area contributed by atoms with Gasteiger partial charge in [0.1, 0.15) is 12.4 Å². The van der Waals surface area contributed by atoms with Crippen LogP contribution in [0.4, 0.5) is 4.39 Å². The van der Waals surface area contributed by atoms with Crippen LogP contribution in [0, 0.1) is 5.82 Å². The number of carbonyl (C=O) groups is 1. The minimum atomic E-state index is -0.647. The van der Waals surface area contributed by atoms with E-state index >= 15 is 0 Å². The largest absolute Gasteiger partial charge is 0.420 e. The molecule has 6 nitrogen and oxygen atoms in total. The monoisotopic (exact) mass is 325 g/mol. The Bertz CT molecular complexity index is 1150. The van der Waals surface area contributed by atoms with Crippen LogP contribution in [0.5, 0.6) is 0 Å². The summed E-state index contributed by atoms with van der Waals surface area (Å²) in [6, 6.07) is 9.63. The van der Waals surface area contributed by atoms with Crippen LogP contribution in [0.25, 0.3) is 33.1 Å². The van der Waals surface area contributed by atoms with Crippen LogP contribution in [0.2, 0.25) is 0 Å². The number of halogens is 1. The summed E-state index contributed by atoms with van der Waals surface area (Å²) in [4.78, 5) is 26.0. The maximum Gasteiger partial charge on any atom is 0.420 e. The molecule has 2 aromatic carbocycles. The van der Waals surface area contributed by atoms with E-state index in [1.807, 2.05) is 0 Å². The summed E-state index contributed by atoms with van der Waals surface area (Å²) in [5.74, 6) is -1.61. The normalized spacial score (nSPS) is 11.4. The fraction of sp³-hybridized carbons (Fsp3) is 0.0588. The second-order valence-electron chi connectivity index (χ2n) is 5.50. The number of oxazole rings is 1. The van der Waals surface area contributed by atoms with Crippen molar-refractivity contribution in [3.63, 3.8) is 0 Å². The molecule has 4 rings (SSSR count). The summed E-state index contributed by atoms with van der Waals surface area (Å²) in [5, 5.41) is 0.730. The highest BCUT2D eigenvalue weighted by atomic mass is 19.1. The lowest BCUT2D eigenvalue weighted by atomic mass is 10.0. The number of benzene rings is 2. The Morgan fingerprint density at radius 1 is 1.25 bits per heavy atom. The van der Waals surface area contributed by atoms with E-state index in [-0.39, 0.29) is 12.4 Å². The number of carbonyl (C=O) groups excluding carboxylic acids is 1. The van der Waals surface area contributed by atoms with Gasteiger partial charge in [0, 0.05) is 22.7 Å². The molecule has 1 amide bonds.